The van der Waals surface area contributed by atoms with Crippen LogP contribution in [0.3, 0.4) is 0 Å². The maximum absolute atomic E-state index is 3.80. The summed E-state index contributed by atoms with van der Waals surface area (Å²) in [5.41, 5.74) is 1.30. The third-order valence-electron chi connectivity index (χ3n) is 4.34. The van der Waals surface area contributed by atoms with Crippen LogP contribution < -0.4 is 5.32 Å². The fraction of sp³-hybridized carbons (Fsp3) is 0.412. The third kappa shape index (κ3) is 1.98. The van der Waals surface area contributed by atoms with E-state index in [1.54, 1.807) is 0 Å². The van der Waals surface area contributed by atoms with Crippen molar-refractivity contribution in [2.45, 2.75) is 31.7 Å². The van der Waals surface area contributed by atoms with Crippen LogP contribution in [0.5, 0.6) is 0 Å². The van der Waals surface area contributed by atoms with Crippen molar-refractivity contribution in [3.63, 3.8) is 0 Å². The van der Waals surface area contributed by atoms with Gasteiger partial charge in [0.05, 0.1) is 0 Å². The van der Waals surface area contributed by atoms with Crippen LogP contribution in [0.1, 0.15) is 25.7 Å². The van der Waals surface area contributed by atoms with Crippen molar-refractivity contribution >= 4 is 16.5 Å². The SMILES string of the molecule is c1ccc2cc(NC(C3CC3)C3CC3)ccc2c1. The molecule has 2 fully saturated rings. The summed E-state index contributed by atoms with van der Waals surface area (Å²) in [5, 5.41) is 6.47. The quantitative estimate of drug-likeness (QED) is 0.829. The molecule has 2 aliphatic rings. The molecule has 2 saturated carbocycles. The first-order chi connectivity index (χ1) is 8.90. The molecule has 92 valence electrons. The van der Waals surface area contributed by atoms with Crippen molar-refractivity contribution in [2.75, 3.05) is 5.32 Å². The molecule has 0 bridgehead atoms. The monoisotopic (exact) mass is 237 g/mol. The van der Waals surface area contributed by atoms with Crippen molar-refractivity contribution in [3.8, 4) is 0 Å². The predicted molar refractivity (Wildman–Crippen MR) is 76.8 cm³/mol. The molecule has 2 aromatic carbocycles. The Morgan fingerprint density at radius 1 is 0.833 bits per heavy atom. The first-order valence-corrected chi connectivity index (χ1v) is 7.15. The molecule has 0 aromatic heterocycles. The van der Waals surface area contributed by atoms with Crippen molar-refractivity contribution in [1.29, 1.82) is 0 Å². The number of nitrogens with one attached hydrogen (secondary N) is 1. The molecule has 0 saturated heterocycles. The average molecular weight is 237 g/mol. The molecule has 4 rings (SSSR count). The number of anilines is 1. The molecule has 18 heavy (non-hydrogen) atoms. The van der Waals surface area contributed by atoms with Gasteiger partial charge in [-0.15, -0.1) is 0 Å². The number of benzene rings is 2. The highest BCUT2D eigenvalue weighted by Crippen LogP contribution is 2.45. The highest BCUT2D eigenvalue weighted by Gasteiger charge is 2.41. The average Bonchev–Trinajstić information content (AvgIpc) is 3.29. The van der Waals surface area contributed by atoms with Crippen molar-refractivity contribution in [1.82, 2.24) is 0 Å². The second-order valence-corrected chi connectivity index (χ2v) is 5.91. The Morgan fingerprint density at radius 3 is 2.17 bits per heavy atom. The number of fused-ring (bicyclic) bond motifs is 1. The van der Waals surface area contributed by atoms with Gasteiger partial charge in [0.2, 0.25) is 0 Å². The Labute approximate surface area is 108 Å². The molecule has 2 aliphatic carbocycles. The lowest BCUT2D eigenvalue weighted by Crippen LogP contribution is -2.24. The van der Waals surface area contributed by atoms with Gasteiger partial charge in [-0.25, -0.2) is 0 Å². The molecule has 0 atom stereocenters. The second kappa shape index (κ2) is 4.01. The van der Waals surface area contributed by atoms with E-state index in [2.05, 4.69) is 47.8 Å². The maximum atomic E-state index is 3.80. The van der Waals surface area contributed by atoms with E-state index in [0.29, 0.717) is 0 Å². The molecule has 1 N–H and O–H groups in total. The van der Waals surface area contributed by atoms with Gasteiger partial charge in [0, 0.05) is 11.7 Å². The number of hydrogen-bond acceptors (Lipinski definition) is 1. The molecule has 0 heterocycles. The van der Waals surface area contributed by atoms with Crippen LogP contribution >= 0.6 is 0 Å². The number of rotatable bonds is 4. The van der Waals surface area contributed by atoms with Gasteiger partial charge in [0.1, 0.15) is 0 Å². The zero-order valence-electron chi connectivity index (χ0n) is 10.6. The summed E-state index contributed by atoms with van der Waals surface area (Å²) in [6, 6.07) is 16.1. The zero-order chi connectivity index (χ0) is 11.9. The topological polar surface area (TPSA) is 12.0 Å². The highest BCUT2D eigenvalue weighted by molar-refractivity contribution is 5.85. The normalized spacial score (nSPS) is 19.4. The Balaban J connectivity index is 1.61. The maximum Gasteiger partial charge on any atom is 0.0348 e. The Hall–Kier alpha value is -1.50. The molecule has 1 nitrogen and oxygen atoms in total. The van der Waals surface area contributed by atoms with Gasteiger partial charge in [-0.1, -0.05) is 30.3 Å². The van der Waals surface area contributed by atoms with Gasteiger partial charge in [-0.3, -0.25) is 0 Å². The summed E-state index contributed by atoms with van der Waals surface area (Å²) in [7, 11) is 0. The van der Waals surface area contributed by atoms with E-state index < -0.39 is 0 Å². The molecule has 0 radical (unpaired) electrons. The van der Waals surface area contributed by atoms with Gasteiger partial charge >= 0.3 is 0 Å². The first kappa shape index (κ1) is 10.4. The van der Waals surface area contributed by atoms with Gasteiger partial charge in [0.25, 0.3) is 0 Å². The van der Waals surface area contributed by atoms with Crippen LogP contribution in [0.2, 0.25) is 0 Å². The molecular weight excluding hydrogens is 218 g/mol. The van der Waals surface area contributed by atoms with E-state index in [1.807, 2.05) is 0 Å². The van der Waals surface area contributed by atoms with Gasteiger partial charge in [0.15, 0.2) is 0 Å². The summed E-state index contributed by atoms with van der Waals surface area (Å²) >= 11 is 0. The first-order valence-electron chi connectivity index (χ1n) is 7.15. The second-order valence-electron chi connectivity index (χ2n) is 5.91. The summed E-state index contributed by atoms with van der Waals surface area (Å²) in [4.78, 5) is 0. The highest BCUT2D eigenvalue weighted by atomic mass is 15.0. The Bertz CT molecular complexity index is 555. The molecule has 0 amide bonds. The largest absolute Gasteiger partial charge is 0.382 e. The standard InChI is InChI=1S/C17H19N/c1-2-4-15-11-16(10-9-12(15)3-1)18-17(13-5-6-13)14-7-8-14/h1-4,9-11,13-14,17-18H,5-8H2. The molecule has 0 aliphatic heterocycles. The number of hydrogen-bond donors (Lipinski definition) is 1. The van der Waals surface area contributed by atoms with Crippen molar-refractivity contribution in [2.24, 2.45) is 11.8 Å². The Kier molecular flexibility index (Phi) is 2.32. The molecule has 0 unspecified atom stereocenters. The fourth-order valence-corrected chi connectivity index (χ4v) is 3.00. The van der Waals surface area contributed by atoms with Crippen LogP contribution in [-0.4, -0.2) is 6.04 Å². The lowest BCUT2D eigenvalue weighted by Gasteiger charge is -2.19. The fourth-order valence-electron chi connectivity index (χ4n) is 3.00. The van der Waals surface area contributed by atoms with E-state index in [9.17, 15) is 0 Å². The minimum absolute atomic E-state index is 0.742. The van der Waals surface area contributed by atoms with E-state index in [0.717, 1.165) is 17.9 Å². The summed E-state index contributed by atoms with van der Waals surface area (Å²) in [6.07, 6.45) is 5.73. The van der Waals surface area contributed by atoms with Crippen molar-refractivity contribution < 1.29 is 0 Å². The smallest absolute Gasteiger partial charge is 0.0348 e. The van der Waals surface area contributed by atoms with Crippen LogP contribution in [0.25, 0.3) is 10.8 Å². The summed E-state index contributed by atoms with van der Waals surface area (Å²) in [6.45, 7) is 0. The summed E-state index contributed by atoms with van der Waals surface area (Å²) in [5.74, 6) is 1.90. The van der Waals surface area contributed by atoms with Gasteiger partial charge in [-0.05, 0) is 60.4 Å². The van der Waals surface area contributed by atoms with Crippen LogP contribution in [0, 0.1) is 11.8 Å². The minimum Gasteiger partial charge on any atom is -0.382 e. The molecule has 2 aromatic rings. The zero-order valence-corrected chi connectivity index (χ0v) is 10.6. The van der Waals surface area contributed by atoms with Crippen LogP contribution in [0.4, 0.5) is 5.69 Å². The molecule has 1 heteroatoms. The summed E-state index contributed by atoms with van der Waals surface area (Å²) < 4.78 is 0. The van der Waals surface area contributed by atoms with Crippen LogP contribution in [0.15, 0.2) is 42.5 Å². The van der Waals surface area contributed by atoms with Gasteiger partial charge < -0.3 is 5.32 Å². The van der Waals surface area contributed by atoms with Crippen molar-refractivity contribution in [3.05, 3.63) is 42.5 Å². The Morgan fingerprint density at radius 2 is 1.50 bits per heavy atom. The lowest BCUT2D eigenvalue weighted by atomic mass is 10.1. The van der Waals surface area contributed by atoms with E-state index >= 15 is 0 Å². The predicted octanol–water partition coefficient (Wildman–Crippen LogP) is 4.44. The van der Waals surface area contributed by atoms with E-state index in [1.165, 1.54) is 42.1 Å². The van der Waals surface area contributed by atoms with E-state index in [-0.39, 0.29) is 0 Å². The van der Waals surface area contributed by atoms with E-state index in [4.69, 9.17) is 0 Å². The molecular formula is C17H19N. The van der Waals surface area contributed by atoms with Crippen LogP contribution in [-0.2, 0) is 0 Å². The minimum atomic E-state index is 0.742. The lowest BCUT2D eigenvalue weighted by molar-refractivity contribution is 0.568. The third-order valence-corrected chi connectivity index (χ3v) is 4.34. The van der Waals surface area contributed by atoms with Gasteiger partial charge in [-0.2, -0.15) is 0 Å². The molecule has 0 spiro atoms.